The van der Waals surface area contributed by atoms with E-state index < -0.39 is 0 Å². The van der Waals surface area contributed by atoms with Crippen molar-refractivity contribution < 1.29 is 4.42 Å². The van der Waals surface area contributed by atoms with Crippen LogP contribution in [0.4, 0.5) is 0 Å². The van der Waals surface area contributed by atoms with E-state index in [0.29, 0.717) is 17.5 Å². The molecule has 0 bridgehead atoms. The molecule has 0 saturated heterocycles. The van der Waals surface area contributed by atoms with Crippen LogP contribution in [0.3, 0.4) is 0 Å². The first-order chi connectivity index (χ1) is 32.4. The molecule has 13 aromatic rings. The minimum atomic E-state index is -0.181. The average molecular weight is 863 g/mol. The molecule has 5 nitrogen and oxygen atoms in total. The zero-order valence-corrected chi connectivity index (χ0v) is 36.9. The number of furan rings is 1. The standard InChI is InChI=1S/C60H38N4OS/c1-60(2)49-32-38(22-27-41(49)45-33-47-43-15-7-10-18-53(43)65-54(47)34-50(45)60)37-23-28-52-46(30-37)42-14-6-9-17-51(42)64(52)40-25-20-36(21-26-40)58-61-57(35-12-4-3-5-13-35)62-59(63-58)39-24-29-56-48(31-39)44-16-8-11-19-55(44)66-56/h3-34H,1-2H3. The molecule has 0 saturated carbocycles. The van der Waals surface area contributed by atoms with Gasteiger partial charge in [0, 0.05) is 69.5 Å². The summed E-state index contributed by atoms with van der Waals surface area (Å²) in [4.78, 5) is 15.2. The number of rotatable bonds is 5. The minimum Gasteiger partial charge on any atom is -0.456 e. The fourth-order valence-corrected chi connectivity index (χ4v) is 11.6. The molecule has 9 aromatic carbocycles. The van der Waals surface area contributed by atoms with Crippen molar-refractivity contribution in [2.24, 2.45) is 0 Å². The number of thiophene rings is 1. The largest absolute Gasteiger partial charge is 0.456 e. The smallest absolute Gasteiger partial charge is 0.164 e. The van der Waals surface area contributed by atoms with Crippen LogP contribution in [0, 0.1) is 0 Å². The zero-order chi connectivity index (χ0) is 43.7. The van der Waals surface area contributed by atoms with Crippen LogP contribution < -0.4 is 0 Å². The Morgan fingerprint density at radius 1 is 0.394 bits per heavy atom. The molecular weight excluding hydrogens is 825 g/mol. The van der Waals surface area contributed by atoms with Gasteiger partial charge in [0.2, 0.25) is 0 Å². The summed E-state index contributed by atoms with van der Waals surface area (Å²) in [6.45, 7) is 4.68. The summed E-state index contributed by atoms with van der Waals surface area (Å²) in [5, 5.41) is 7.22. The van der Waals surface area contributed by atoms with Gasteiger partial charge in [-0.1, -0.05) is 117 Å². The van der Waals surface area contributed by atoms with Gasteiger partial charge in [-0.2, -0.15) is 0 Å². The average Bonchev–Trinajstić information content (AvgIpc) is 4.09. The van der Waals surface area contributed by atoms with Crippen LogP contribution >= 0.6 is 11.3 Å². The number of hydrogen-bond donors (Lipinski definition) is 0. The molecule has 1 aliphatic carbocycles. The highest BCUT2D eigenvalue weighted by molar-refractivity contribution is 7.25. The third-order valence-corrected chi connectivity index (χ3v) is 15.0. The lowest BCUT2D eigenvalue weighted by molar-refractivity contribution is 0.647. The minimum absolute atomic E-state index is 0.181. The van der Waals surface area contributed by atoms with E-state index in [4.69, 9.17) is 19.4 Å². The predicted octanol–water partition coefficient (Wildman–Crippen LogP) is 16.2. The van der Waals surface area contributed by atoms with Gasteiger partial charge in [0.05, 0.1) is 11.0 Å². The Balaban J connectivity index is 0.844. The number of benzene rings is 9. The van der Waals surface area contributed by atoms with Crippen LogP contribution in [0.5, 0.6) is 0 Å². The van der Waals surface area contributed by atoms with Crippen molar-refractivity contribution in [3.63, 3.8) is 0 Å². The highest BCUT2D eigenvalue weighted by Gasteiger charge is 2.36. The van der Waals surface area contributed by atoms with E-state index in [1.807, 2.05) is 35.6 Å². The maximum absolute atomic E-state index is 6.35. The van der Waals surface area contributed by atoms with E-state index in [1.165, 1.54) is 69.7 Å². The molecule has 6 heteroatoms. The van der Waals surface area contributed by atoms with Crippen LogP contribution in [0.15, 0.2) is 199 Å². The van der Waals surface area contributed by atoms with Crippen molar-refractivity contribution in [3.8, 4) is 62.1 Å². The van der Waals surface area contributed by atoms with E-state index in [0.717, 1.165) is 50.0 Å². The van der Waals surface area contributed by atoms with E-state index >= 15 is 0 Å². The molecule has 4 heterocycles. The topological polar surface area (TPSA) is 56.7 Å². The highest BCUT2D eigenvalue weighted by Crippen LogP contribution is 2.52. The first-order valence-electron chi connectivity index (χ1n) is 22.4. The Labute approximate surface area is 383 Å². The summed E-state index contributed by atoms with van der Waals surface area (Å²) < 4.78 is 11.2. The van der Waals surface area contributed by atoms with Crippen molar-refractivity contribution in [3.05, 3.63) is 205 Å². The van der Waals surface area contributed by atoms with Crippen molar-refractivity contribution in [2.45, 2.75) is 19.3 Å². The molecule has 0 atom stereocenters. The van der Waals surface area contributed by atoms with Gasteiger partial charge in [0.15, 0.2) is 17.5 Å². The van der Waals surface area contributed by atoms with Crippen molar-refractivity contribution in [2.75, 3.05) is 0 Å². The Morgan fingerprint density at radius 2 is 0.985 bits per heavy atom. The Morgan fingerprint density at radius 3 is 1.82 bits per heavy atom. The first-order valence-corrected chi connectivity index (χ1v) is 23.2. The predicted molar refractivity (Wildman–Crippen MR) is 274 cm³/mol. The van der Waals surface area contributed by atoms with Gasteiger partial charge in [-0.15, -0.1) is 11.3 Å². The van der Waals surface area contributed by atoms with Gasteiger partial charge in [-0.25, -0.2) is 15.0 Å². The van der Waals surface area contributed by atoms with E-state index in [9.17, 15) is 0 Å². The van der Waals surface area contributed by atoms with Crippen LogP contribution in [0.2, 0.25) is 0 Å². The maximum Gasteiger partial charge on any atom is 0.164 e. The number of fused-ring (bicyclic) bond motifs is 12. The van der Waals surface area contributed by atoms with Gasteiger partial charge >= 0.3 is 0 Å². The summed E-state index contributed by atoms with van der Waals surface area (Å²) in [6, 6.07) is 69.6. The lowest BCUT2D eigenvalue weighted by Gasteiger charge is -2.22. The maximum atomic E-state index is 6.35. The Bertz CT molecular complexity index is 4140. The van der Waals surface area contributed by atoms with Gasteiger partial charge in [0.1, 0.15) is 11.2 Å². The third kappa shape index (κ3) is 5.55. The number of aromatic nitrogens is 4. The molecule has 1 aliphatic rings. The quantitative estimate of drug-likeness (QED) is 0.173. The summed E-state index contributed by atoms with van der Waals surface area (Å²) in [6.07, 6.45) is 0. The van der Waals surface area contributed by atoms with E-state index in [2.05, 4.69) is 188 Å². The molecule has 310 valence electrons. The fourth-order valence-electron chi connectivity index (χ4n) is 10.5. The summed E-state index contributed by atoms with van der Waals surface area (Å²) in [7, 11) is 0. The summed E-state index contributed by atoms with van der Waals surface area (Å²) >= 11 is 1.81. The Kier molecular flexibility index (Phi) is 7.84. The second kappa shape index (κ2) is 13.9. The highest BCUT2D eigenvalue weighted by atomic mass is 32.1. The van der Waals surface area contributed by atoms with Crippen LogP contribution in [-0.4, -0.2) is 19.5 Å². The van der Waals surface area contributed by atoms with Gasteiger partial charge in [-0.05, 0) is 124 Å². The van der Waals surface area contributed by atoms with Crippen LogP contribution in [0.1, 0.15) is 25.0 Å². The zero-order valence-electron chi connectivity index (χ0n) is 36.1. The molecule has 66 heavy (non-hydrogen) atoms. The van der Waals surface area contributed by atoms with Crippen LogP contribution in [0.25, 0.3) is 126 Å². The molecule has 0 aliphatic heterocycles. The van der Waals surface area contributed by atoms with E-state index in [1.54, 1.807) is 0 Å². The molecule has 0 unspecified atom stereocenters. The number of para-hydroxylation sites is 2. The first kappa shape index (κ1) is 37.2. The molecule has 0 amide bonds. The molecule has 14 rings (SSSR count). The fraction of sp³-hybridized carbons (Fsp3) is 0.0500. The SMILES string of the molecule is CC1(C)c2cc(-c3ccc4c(c3)c3ccccc3n4-c3ccc(-c4nc(-c5ccccc5)nc(-c5ccc6sc7ccccc7c6c5)n4)cc3)ccc2-c2cc3c(cc21)oc1ccccc13. The molecule has 0 N–H and O–H groups in total. The summed E-state index contributed by atoms with van der Waals surface area (Å²) in [5.41, 5.74) is 15.6. The van der Waals surface area contributed by atoms with Gasteiger partial charge in [0.25, 0.3) is 0 Å². The lowest BCUT2D eigenvalue weighted by Crippen LogP contribution is -2.15. The van der Waals surface area contributed by atoms with Gasteiger partial charge in [-0.3, -0.25) is 0 Å². The van der Waals surface area contributed by atoms with Crippen molar-refractivity contribution >= 4 is 75.3 Å². The molecule has 4 aromatic heterocycles. The van der Waals surface area contributed by atoms with Gasteiger partial charge < -0.3 is 8.98 Å². The second-order valence-electron chi connectivity index (χ2n) is 18.0. The van der Waals surface area contributed by atoms with E-state index in [-0.39, 0.29) is 5.41 Å². The monoisotopic (exact) mass is 862 g/mol. The van der Waals surface area contributed by atoms with Crippen LogP contribution in [-0.2, 0) is 5.41 Å². The van der Waals surface area contributed by atoms with Crippen molar-refractivity contribution in [1.82, 2.24) is 19.5 Å². The number of hydrogen-bond acceptors (Lipinski definition) is 5. The second-order valence-corrected chi connectivity index (χ2v) is 19.1. The summed E-state index contributed by atoms with van der Waals surface area (Å²) in [5.74, 6) is 1.93. The Hall–Kier alpha value is -8.19. The normalized spacial score (nSPS) is 13.1. The molecule has 0 fully saturated rings. The third-order valence-electron chi connectivity index (χ3n) is 13.9. The molecule has 0 radical (unpaired) electrons. The number of nitrogens with zero attached hydrogens (tertiary/aromatic N) is 4. The van der Waals surface area contributed by atoms with Crippen molar-refractivity contribution in [1.29, 1.82) is 0 Å². The lowest BCUT2D eigenvalue weighted by atomic mass is 9.81. The molecule has 0 spiro atoms. The molecular formula is C60H38N4OS.